The van der Waals surface area contributed by atoms with Crippen LogP contribution in [0.25, 0.3) is 11.1 Å². The molecular weight excluding hydrogens is 292 g/mol. The van der Waals surface area contributed by atoms with Crippen LogP contribution in [0.5, 0.6) is 5.75 Å². The molecule has 0 saturated heterocycles. The first kappa shape index (κ1) is 14.2. The van der Waals surface area contributed by atoms with Crippen molar-refractivity contribution < 1.29 is 23.8 Å². The predicted octanol–water partition coefficient (Wildman–Crippen LogP) is 3.74. The van der Waals surface area contributed by atoms with E-state index in [1.54, 1.807) is 12.1 Å². The molecule has 2 aromatic rings. The number of aromatic nitrogens is 1. The van der Waals surface area contributed by atoms with Crippen LogP contribution in [0.2, 0.25) is 5.02 Å². The molecule has 0 aliphatic rings. The summed E-state index contributed by atoms with van der Waals surface area (Å²) < 4.78 is 26.2. The molecular formula is C13H8ClF2NO3. The third-order valence-corrected chi connectivity index (χ3v) is 2.88. The minimum Gasteiger partial charge on any atom is -0.505 e. The number of carboxylic acid groups (broad SMARTS) is 1. The van der Waals surface area contributed by atoms with Gasteiger partial charge in [-0.3, -0.25) is 0 Å². The minimum atomic E-state index is -3.05. The average Bonchev–Trinajstić information content (AvgIpc) is 2.37. The van der Waals surface area contributed by atoms with Crippen LogP contribution in [-0.4, -0.2) is 21.2 Å². The first-order valence-corrected chi connectivity index (χ1v) is 5.79. The Bertz CT molecular complexity index is 677. The van der Waals surface area contributed by atoms with E-state index in [-0.39, 0.29) is 5.56 Å². The molecule has 104 valence electrons. The summed E-state index contributed by atoms with van der Waals surface area (Å²) in [6.45, 7) is 0. The Labute approximate surface area is 117 Å². The van der Waals surface area contributed by atoms with Gasteiger partial charge in [-0.1, -0.05) is 23.7 Å². The van der Waals surface area contributed by atoms with Gasteiger partial charge < -0.3 is 10.2 Å². The molecule has 0 fully saturated rings. The van der Waals surface area contributed by atoms with Gasteiger partial charge in [0.25, 0.3) is 6.43 Å². The molecule has 0 saturated carbocycles. The van der Waals surface area contributed by atoms with E-state index in [4.69, 9.17) is 16.7 Å². The lowest BCUT2D eigenvalue weighted by Crippen LogP contribution is -2.04. The Kier molecular flexibility index (Phi) is 3.85. The van der Waals surface area contributed by atoms with Gasteiger partial charge >= 0.3 is 5.97 Å². The molecule has 0 bridgehead atoms. The number of hydrogen-bond donors (Lipinski definition) is 2. The maximum absolute atomic E-state index is 13.1. The Hall–Kier alpha value is -2.21. The summed E-state index contributed by atoms with van der Waals surface area (Å²) >= 11 is 5.78. The number of nitrogens with zero attached hydrogens (tertiary/aromatic N) is 1. The summed E-state index contributed by atoms with van der Waals surface area (Å²) in [6.07, 6.45) is -2.07. The highest BCUT2D eigenvalue weighted by Crippen LogP contribution is 2.38. The Morgan fingerprint density at radius 2 is 2.05 bits per heavy atom. The summed E-state index contributed by atoms with van der Waals surface area (Å²) in [6, 6.07) is 6.04. The highest BCUT2D eigenvalue weighted by atomic mass is 35.5. The van der Waals surface area contributed by atoms with E-state index in [9.17, 15) is 18.7 Å². The summed E-state index contributed by atoms with van der Waals surface area (Å²) in [5, 5.41) is 18.8. The highest BCUT2D eigenvalue weighted by molar-refractivity contribution is 6.30. The maximum Gasteiger partial charge on any atom is 0.358 e. The largest absolute Gasteiger partial charge is 0.505 e. The molecule has 1 aromatic carbocycles. The highest BCUT2D eigenvalue weighted by Gasteiger charge is 2.25. The molecule has 7 heteroatoms. The molecule has 2 N–H and O–H groups in total. The van der Waals surface area contributed by atoms with Crippen molar-refractivity contribution in [2.24, 2.45) is 0 Å². The van der Waals surface area contributed by atoms with Crippen molar-refractivity contribution in [3.63, 3.8) is 0 Å². The Balaban J connectivity index is 2.71. The molecule has 4 nitrogen and oxygen atoms in total. The predicted molar refractivity (Wildman–Crippen MR) is 68.3 cm³/mol. The van der Waals surface area contributed by atoms with Crippen molar-refractivity contribution in [2.75, 3.05) is 0 Å². The monoisotopic (exact) mass is 299 g/mol. The molecule has 0 amide bonds. The maximum atomic E-state index is 13.1. The molecule has 2 rings (SSSR count). The van der Waals surface area contributed by atoms with Gasteiger partial charge in [0.05, 0.1) is 5.56 Å². The number of halogens is 3. The van der Waals surface area contributed by atoms with Crippen molar-refractivity contribution in [2.45, 2.75) is 6.43 Å². The smallest absolute Gasteiger partial charge is 0.358 e. The van der Waals surface area contributed by atoms with E-state index in [1.165, 1.54) is 12.1 Å². The van der Waals surface area contributed by atoms with E-state index in [1.807, 2.05) is 0 Å². The van der Waals surface area contributed by atoms with E-state index < -0.39 is 29.4 Å². The van der Waals surface area contributed by atoms with Gasteiger partial charge in [0, 0.05) is 16.8 Å². The van der Waals surface area contributed by atoms with Crippen LogP contribution in [0.1, 0.15) is 22.5 Å². The van der Waals surface area contributed by atoms with E-state index in [0.29, 0.717) is 10.6 Å². The molecule has 0 aliphatic carbocycles. The first-order valence-electron chi connectivity index (χ1n) is 5.41. The second-order valence-corrected chi connectivity index (χ2v) is 4.34. The number of aromatic hydroxyl groups is 1. The van der Waals surface area contributed by atoms with Gasteiger partial charge in [0.15, 0.2) is 11.4 Å². The van der Waals surface area contributed by atoms with Gasteiger partial charge in [-0.15, -0.1) is 0 Å². The van der Waals surface area contributed by atoms with E-state index >= 15 is 0 Å². The summed E-state index contributed by atoms with van der Waals surface area (Å²) in [5.74, 6) is -2.62. The minimum absolute atomic E-state index is 0.0648. The summed E-state index contributed by atoms with van der Waals surface area (Å²) in [7, 11) is 0. The van der Waals surface area contributed by atoms with E-state index in [0.717, 1.165) is 6.20 Å². The van der Waals surface area contributed by atoms with Crippen LogP contribution in [0, 0.1) is 0 Å². The van der Waals surface area contributed by atoms with Gasteiger partial charge in [-0.2, -0.15) is 0 Å². The van der Waals surface area contributed by atoms with Gasteiger partial charge in [-0.25, -0.2) is 18.6 Å². The number of carboxylic acids is 1. The van der Waals surface area contributed by atoms with E-state index in [2.05, 4.69) is 4.98 Å². The fourth-order valence-electron chi connectivity index (χ4n) is 1.78. The number of pyridine rings is 1. The number of alkyl halides is 2. The van der Waals surface area contributed by atoms with Crippen LogP contribution in [0.4, 0.5) is 8.78 Å². The SMILES string of the molecule is O=C(O)c1ncc(-c2cccc(Cl)c2)c(C(F)F)c1O. The van der Waals surface area contributed by atoms with Crippen molar-refractivity contribution >= 4 is 17.6 Å². The van der Waals surface area contributed by atoms with Crippen molar-refractivity contribution in [1.29, 1.82) is 0 Å². The number of aromatic carboxylic acids is 1. The quantitative estimate of drug-likeness (QED) is 0.905. The van der Waals surface area contributed by atoms with Gasteiger partial charge in [0.1, 0.15) is 0 Å². The normalized spacial score (nSPS) is 10.8. The number of hydrogen-bond acceptors (Lipinski definition) is 3. The molecule has 0 aliphatic heterocycles. The lowest BCUT2D eigenvalue weighted by atomic mass is 10.0. The Morgan fingerprint density at radius 3 is 2.60 bits per heavy atom. The lowest BCUT2D eigenvalue weighted by Gasteiger charge is -2.12. The van der Waals surface area contributed by atoms with Gasteiger partial charge in [-0.05, 0) is 17.7 Å². The Morgan fingerprint density at radius 1 is 1.35 bits per heavy atom. The molecule has 0 radical (unpaired) electrons. The third kappa shape index (κ3) is 2.55. The lowest BCUT2D eigenvalue weighted by molar-refractivity contribution is 0.0686. The molecule has 1 heterocycles. The van der Waals surface area contributed by atoms with Crippen molar-refractivity contribution in [3.05, 3.63) is 46.7 Å². The molecule has 0 unspecified atom stereocenters. The fraction of sp³-hybridized carbons (Fsp3) is 0.0769. The second-order valence-electron chi connectivity index (χ2n) is 3.90. The second kappa shape index (κ2) is 5.42. The van der Waals surface area contributed by atoms with Crippen molar-refractivity contribution in [1.82, 2.24) is 4.98 Å². The summed E-state index contributed by atoms with van der Waals surface area (Å²) in [5.41, 5.74) is -1.34. The van der Waals surface area contributed by atoms with Crippen LogP contribution in [0.15, 0.2) is 30.5 Å². The summed E-state index contributed by atoms with van der Waals surface area (Å²) in [4.78, 5) is 14.3. The van der Waals surface area contributed by atoms with Crippen LogP contribution >= 0.6 is 11.6 Å². The van der Waals surface area contributed by atoms with Crippen molar-refractivity contribution in [3.8, 4) is 16.9 Å². The molecule has 1 aromatic heterocycles. The third-order valence-electron chi connectivity index (χ3n) is 2.65. The number of rotatable bonds is 3. The average molecular weight is 300 g/mol. The first-order chi connectivity index (χ1) is 9.41. The zero-order valence-corrected chi connectivity index (χ0v) is 10.6. The molecule has 0 atom stereocenters. The zero-order valence-electron chi connectivity index (χ0n) is 9.85. The van der Waals surface area contributed by atoms with Crippen LogP contribution < -0.4 is 0 Å². The number of carbonyl (C=O) groups is 1. The molecule has 20 heavy (non-hydrogen) atoms. The standard InChI is InChI=1S/C13H8ClF2NO3/c14-7-3-1-2-6(4-7)8-5-17-10(13(19)20)11(18)9(8)12(15)16/h1-5,12,18H,(H,19,20). The van der Waals surface area contributed by atoms with Crippen LogP contribution in [0.3, 0.4) is 0 Å². The zero-order chi connectivity index (χ0) is 14.9. The molecule has 0 spiro atoms. The van der Waals surface area contributed by atoms with Crippen LogP contribution in [-0.2, 0) is 0 Å². The topological polar surface area (TPSA) is 70.4 Å². The number of benzene rings is 1. The van der Waals surface area contributed by atoms with Gasteiger partial charge in [0.2, 0.25) is 0 Å². The fourth-order valence-corrected chi connectivity index (χ4v) is 1.97.